The largest absolute Gasteiger partial charge is 0.408 e. The molecule has 0 aliphatic heterocycles. The molecule has 1 rings (SSSR count). The highest BCUT2D eigenvalue weighted by Gasteiger charge is 2.43. The van der Waals surface area contributed by atoms with Gasteiger partial charge in [-0.3, -0.25) is 5.32 Å². The third-order valence-corrected chi connectivity index (χ3v) is 2.00. The first-order valence-corrected chi connectivity index (χ1v) is 4.49. The molecule has 0 amide bonds. The van der Waals surface area contributed by atoms with Gasteiger partial charge in [0.05, 0.1) is 12.6 Å². The summed E-state index contributed by atoms with van der Waals surface area (Å²) in [5.41, 5.74) is -1.13. The lowest BCUT2D eigenvalue weighted by atomic mass is 10.0. The number of alkyl halides is 3. The molecule has 1 aromatic carbocycles. The lowest BCUT2D eigenvalue weighted by Crippen LogP contribution is -2.35. The standard InChI is InChI=1S/C10H7F5N2/c11-6-2-1-3-7(12)8(6)9(10(13,14)15)17-5-4-16/h1-3,9,17H,5H2/t9-/m0/s1. The third kappa shape index (κ3) is 3.14. The van der Waals surface area contributed by atoms with Crippen molar-refractivity contribution in [3.05, 3.63) is 35.4 Å². The molecule has 0 bridgehead atoms. The summed E-state index contributed by atoms with van der Waals surface area (Å²) in [6.45, 7) is -0.669. The van der Waals surface area contributed by atoms with Crippen molar-refractivity contribution in [1.29, 1.82) is 5.26 Å². The molecule has 2 nitrogen and oxygen atoms in total. The summed E-state index contributed by atoms with van der Waals surface area (Å²) in [5.74, 6) is -2.62. The van der Waals surface area contributed by atoms with Gasteiger partial charge in [0.25, 0.3) is 0 Å². The van der Waals surface area contributed by atoms with Crippen LogP contribution >= 0.6 is 0 Å². The average molecular weight is 250 g/mol. The molecule has 0 radical (unpaired) electrons. The van der Waals surface area contributed by atoms with Crippen LogP contribution in [0.15, 0.2) is 18.2 Å². The predicted molar refractivity (Wildman–Crippen MR) is 48.8 cm³/mol. The van der Waals surface area contributed by atoms with Crippen molar-refractivity contribution < 1.29 is 22.0 Å². The van der Waals surface area contributed by atoms with Crippen molar-refractivity contribution in [3.8, 4) is 6.07 Å². The average Bonchev–Trinajstić information content (AvgIpc) is 2.20. The quantitative estimate of drug-likeness (QED) is 0.661. The Bertz CT molecular complexity index is 415. The maximum atomic E-state index is 13.2. The van der Waals surface area contributed by atoms with Gasteiger partial charge >= 0.3 is 6.18 Å². The third-order valence-electron chi connectivity index (χ3n) is 2.00. The Morgan fingerprint density at radius 3 is 2.18 bits per heavy atom. The van der Waals surface area contributed by atoms with E-state index < -0.39 is 36.0 Å². The Labute approximate surface area is 93.7 Å². The van der Waals surface area contributed by atoms with Crippen LogP contribution in [0.1, 0.15) is 11.6 Å². The Morgan fingerprint density at radius 2 is 1.76 bits per heavy atom. The van der Waals surface area contributed by atoms with Crippen molar-refractivity contribution in [2.45, 2.75) is 12.2 Å². The highest BCUT2D eigenvalue weighted by molar-refractivity contribution is 5.24. The molecule has 0 heterocycles. The molecule has 0 saturated carbocycles. The van der Waals surface area contributed by atoms with Crippen molar-refractivity contribution in [1.82, 2.24) is 5.32 Å². The number of hydrogen-bond donors (Lipinski definition) is 1. The summed E-state index contributed by atoms with van der Waals surface area (Å²) in [6, 6.07) is 1.30. The van der Waals surface area contributed by atoms with Gasteiger partial charge in [0, 0.05) is 5.56 Å². The smallest absolute Gasteiger partial charge is 0.290 e. The number of benzene rings is 1. The molecule has 1 N–H and O–H groups in total. The number of halogens is 5. The topological polar surface area (TPSA) is 35.8 Å². The van der Waals surface area contributed by atoms with Gasteiger partial charge in [-0.05, 0) is 12.1 Å². The van der Waals surface area contributed by atoms with Crippen molar-refractivity contribution in [2.24, 2.45) is 0 Å². The van der Waals surface area contributed by atoms with Gasteiger partial charge in [-0.1, -0.05) is 6.07 Å². The van der Waals surface area contributed by atoms with Crippen LogP contribution in [0.25, 0.3) is 0 Å². The molecule has 0 fully saturated rings. The zero-order valence-electron chi connectivity index (χ0n) is 8.35. The van der Waals surface area contributed by atoms with Crippen LogP contribution in [0.5, 0.6) is 0 Å². The van der Waals surface area contributed by atoms with E-state index in [0.29, 0.717) is 0 Å². The molecular formula is C10H7F5N2. The summed E-state index contributed by atoms with van der Waals surface area (Å²) >= 11 is 0. The monoisotopic (exact) mass is 250 g/mol. The van der Waals surface area contributed by atoms with Crippen LogP contribution in [0, 0.1) is 23.0 Å². The Morgan fingerprint density at radius 1 is 1.24 bits per heavy atom. The molecule has 0 aromatic heterocycles. The van der Waals surface area contributed by atoms with Gasteiger partial charge in [0.1, 0.15) is 17.7 Å². The number of rotatable bonds is 3. The van der Waals surface area contributed by atoms with Crippen LogP contribution in [0.3, 0.4) is 0 Å². The van der Waals surface area contributed by atoms with Crippen LogP contribution in [-0.4, -0.2) is 12.7 Å². The summed E-state index contributed by atoms with van der Waals surface area (Å²) in [6.07, 6.45) is -4.89. The SMILES string of the molecule is N#CCN[C@@H](c1c(F)cccc1F)C(F)(F)F. The van der Waals surface area contributed by atoms with E-state index in [1.165, 1.54) is 6.07 Å². The highest BCUT2D eigenvalue weighted by atomic mass is 19.4. The zero-order valence-corrected chi connectivity index (χ0v) is 8.35. The van der Waals surface area contributed by atoms with E-state index >= 15 is 0 Å². The first-order chi connectivity index (χ1) is 7.88. The van der Waals surface area contributed by atoms with Gasteiger partial charge in [-0.2, -0.15) is 18.4 Å². The first kappa shape index (κ1) is 13.4. The summed E-state index contributed by atoms with van der Waals surface area (Å²) in [4.78, 5) is 0. The molecule has 0 saturated heterocycles. The number of nitrogens with one attached hydrogen (secondary N) is 1. The van der Waals surface area contributed by atoms with E-state index in [4.69, 9.17) is 5.26 Å². The van der Waals surface area contributed by atoms with Gasteiger partial charge in [0.2, 0.25) is 0 Å². The molecule has 1 atom stereocenters. The summed E-state index contributed by atoms with van der Waals surface area (Å²) in [7, 11) is 0. The molecule has 7 heteroatoms. The minimum atomic E-state index is -4.89. The highest BCUT2D eigenvalue weighted by Crippen LogP contribution is 2.35. The summed E-state index contributed by atoms with van der Waals surface area (Å²) in [5, 5.41) is 9.94. The molecule has 17 heavy (non-hydrogen) atoms. The van der Waals surface area contributed by atoms with E-state index in [9.17, 15) is 22.0 Å². The minimum Gasteiger partial charge on any atom is -0.290 e. The van der Waals surface area contributed by atoms with E-state index in [1.807, 2.05) is 0 Å². The minimum absolute atomic E-state index is 0.669. The van der Waals surface area contributed by atoms with Gasteiger partial charge in [-0.25, -0.2) is 8.78 Å². The van der Waals surface area contributed by atoms with Crippen LogP contribution in [0.4, 0.5) is 22.0 Å². The lowest BCUT2D eigenvalue weighted by Gasteiger charge is -2.21. The van der Waals surface area contributed by atoms with Gasteiger partial charge in [-0.15, -0.1) is 0 Å². The van der Waals surface area contributed by atoms with Crippen LogP contribution in [0.2, 0.25) is 0 Å². The normalized spacial score (nSPS) is 13.2. The van der Waals surface area contributed by atoms with Gasteiger partial charge in [0.15, 0.2) is 0 Å². The second-order valence-corrected chi connectivity index (χ2v) is 3.15. The number of nitrogens with zero attached hydrogens (tertiary/aromatic N) is 1. The zero-order chi connectivity index (χ0) is 13.1. The fourth-order valence-corrected chi connectivity index (χ4v) is 1.32. The predicted octanol–water partition coefficient (Wildman–Crippen LogP) is 2.68. The van der Waals surface area contributed by atoms with E-state index in [-0.39, 0.29) is 0 Å². The fraction of sp³-hybridized carbons (Fsp3) is 0.300. The molecule has 0 aliphatic carbocycles. The molecule has 0 aliphatic rings. The molecule has 1 aromatic rings. The first-order valence-electron chi connectivity index (χ1n) is 4.49. The number of hydrogen-bond acceptors (Lipinski definition) is 2. The second kappa shape index (κ2) is 5.10. The van der Waals surface area contributed by atoms with E-state index in [0.717, 1.165) is 18.2 Å². The summed E-state index contributed by atoms with van der Waals surface area (Å²) < 4.78 is 64.1. The van der Waals surface area contributed by atoms with Gasteiger partial charge < -0.3 is 0 Å². The van der Waals surface area contributed by atoms with E-state index in [2.05, 4.69) is 0 Å². The molecule has 92 valence electrons. The molecule has 0 unspecified atom stereocenters. The number of nitriles is 1. The molecule has 0 spiro atoms. The Balaban J connectivity index is 3.18. The van der Waals surface area contributed by atoms with Crippen LogP contribution in [-0.2, 0) is 0 Å². The fourth-order valence-electron chi connectivity index (χ4n) is 1.32. The van der Waals surface area contributed by atoms with Crippen LogP contribution < -0.4 is 5.32 Å². The van der Waals surface area contributed by atoms with Crippen molar-refractivity contribution in [2.75, 3.05) is 6.54 Å². The maximum Gasteiger partial charge on any atom is 0.408 e. The lowest BCUT2D eigenvalue weighted by molar-refractivity contribution is -0.158. The molecular weight excluding hydrogens is 243 g/mol. The second-order valence-electron chi connectivity index (χ2n) is 3.15. The Hall–Kier alpha value is -1.68. The van der Waals surface area contributed by atoms with Crippen molar-refractivity contribution >= 4 is 0 Å². The maximum absolute atomic E-state index is 13.2. The van der Waals surface area contributed by atoms with E-state index in [1.54, 1.807) is 5.32 Å². The van der Waals surface area contributed by atoms with Crippen molar-refractivity contribution in [3.63, 3.8) is 0 Å². The Kier molecular flexibility index (Phi) is 4.02.